The van der Waals surface area contributed by atoms with Gasteiger partial charge in [0.1, 0.15) is 28.7 Å². The Labute approximate surface area is 151 Å². The molecule has 1 aliphatic heterocycles. The molecule has 0 radical (unpaired) electrons. The van der Waals surface area contributed by atoms with Crippen molar-refractivity contribution in [1.82, 2.24) is 24.5 Å². The van der Waals surface area contributed by atoms with Crippen LogP contribution in [0.25, 0.3) is 5.69 Å². The molecule has 0 aliphatic carbocycles. The summed E-state index contributed by atoms with van der Waals surface area (Å²) in [6.45, 7) is 0.585. The number of halogens is 3. The highest BCUT2D eigenvalue weighted by Gasteiger charge is 2.22. The van der Waals surface area contributed by atoms with Crippen LogP contribution in [0.5, 0.6) is 0 Å². The number of aromatic nitrogens is 5. The lowest BCUT2D eigenvalue weighted by atomic mass is 10.1. The van der Waals surface area contributed by atoms with E-state index in [0.29, 0.717) is 18.3 Å². The molecule has 0 spiro atoms. The Bertz CT molecular complexity index is 1030. The summed E-state index contributed by atoms with van der Waals surface area (Å²) in [6.07, 6.45) is 4.40. The summed E-state index contributed by atoms with van der Waals surface area (Å²) in [6, 6.07) is 2.86. The van der Waals surface area contributed by atoms with E-state index in [1.807, 2.05) is 0 Å². The van der Waals surface area contributed by atoms with Gasteiger partial charge in [0.25, 0.3) is 5.56 Å². The molecule has 2 aromatic heterocycles. The molecule has 0 amide bonds. The smallest absolute Gasteiger partial charge is 0.292 e. The van der Waals surface area contributed by atoms with E-state index in [2.05, 4.69) is 20.5 Å². The van der Waals surface area contributed by atoms with Crippen molar-refractivity contribution in [1.29, 1.82) is 0 Å². The molecule has 3 aromatic rings. The molecule has 7 nitrogen and oxygen atoms in total. The molecule has 1 aliphatic rings. The van der Waals surface area contributed by atoms with Gasteiger partial charge in [-0.1, -0.05) is 11.6 Å². The van der Waals surface area contributed by atoms with Crippen molar-refractivity contribution in [3.63, 3.8) is 0 Å². The van der Waals surface area contributed by atoms with Crippen LogP contribution in [-0.2, 0) is 13.0 Å². The van der Waals surface area contributed by atoms with Crippen LogP contribution >= 0.6 is 11.6 Å². The van der Waals surface area contributed by atoms with Crippen LogP contribution in [0, 0.1) is 11.6 Å². The Kier molecular flexibility index (Phi) is 4.15. The van der Waals surface area contributed by atoms with Crippen molar-refractivity contribution in [2.45, 2.75) is 25.4 Å². The third-order valence-electron chi connectivity index (χ3n) is 4.22. The first-order chi connectivity index (χ1) is 12.5. The minimum Gasteiger partial charge on any atom is -0.378 e. The highest BCUT2D eigenvalue weighted by Crippen LogP contribution is 2.22. The topological polar surface area (TPSA) is 77.6 Å². The fourth-order valence-corrected chi connectivity index (χ4v) is 3.12. The minimum atomic E-state index is -0.901. The van der Waals surface area contributed by atoms with Gasteiger partial charge in [0.2, 0.25) is 0 Å². The Hall–Kier alpha value is -2.81. The van der Waals surface area contributed by atoms with Gasteiger partial charge >= 0.3 is 0 Å². The minimum absolute atomic E-state index is 0.00121. The molecule has 1 unspecified atom stereocenters. The van der Waals surface area contributed by atoms with Gasteiger partial charge < -0.3 is 5.32 Å². The number of aryl methyl sites for hydroxylation is 1. The number of rotatable bonds is 3. The summed E-state index contributed by atoms with van der Waals surface area (Å²) < 4.78 is 29.6. The molecule has 0 saturated heterocycles. The molecule has 1 N–H and O–H groups in total. The molecule has 0 fully saturated rings. The summed E-state index contributed by atoms with van der Waals surface area (Å²) in [5.41, 5.74) is -0.516. The monoisotopic (exact) mass is 378 g/mol. The predicted octanol–water partition coefficient (Wildman–Crippen LogP) is 2.18. The maximum atomic E-state index is 13.9. The first kappa shape index (κ1) is 16.6. The zero-order valence-corrected chi connectivity index (χ0v) is 14.1. The fourth-order valence-electron chi connectivity index (χ4n) is 2.93. The van der Waals surface area contributed by atoms with Crippen LogP contribution < -0.4 is 10.9 Å². The number of nitrogens with zero attached hydrogens (tertiary/aromatic N) is 5. The fraction of sp³-hybridized carbons (Fsp3) is 0.250. The van der Waals surface area contributed by atoms with Crippen LogP contribution in [0.3, 0.4) is 0 Å². The van der Waals surface area contributed by atoms with E-state index >= 15 is 0 Å². The lowest BCUT2D eigenvalue weighted by Gasteiger charge is -2.24. The Balaban J connectivity index is 1.61. The van der Waals surface area contributed by atoms with Crippen molar-refractivity contribution < 1.29 is 8.78 Å². The van der Waals surface area contributed by atoms with Gasteiger partial charge in [0.05, 0.1) is 18.4 Å². The normalized spacial score (nSPS) is 16.3. The van der Waals surface area contributed by atoms with Gasteiger partial charge in [-0.05, 0) is 18.6 Å². The van der Waals surface area contributed by atoms with Crippen LogP contribution in [0.2, 0.25) is 5.02 Å². The molecule has 26 heavy (non-hydrogen) atoms. The Morgan fingerprint density at radius 2 is 2.12 bits per heavy atom. The van der Waals surface area contributed by atoms with Crippen molar-refractivity contribution in [2.75, 3.05) is 5.32 Å². The van der Waals surface area contributed by atoms with Crippen LogP contribution in [0.15, 0.2) is 35.5 Å². The van der Waals surface area contributed by atoms with E-state index in [-0.39, 0.29) is 16.8 Å². The number of hydrogen-bond donors (Lipinski definition) is 1. The summed E-state index contributed by atoms with van der Waals surface area (Å²) in [5.74, 6) is -0.731. The predicted molar refractivity (Wildman–Crippen MR) is 90.5 cm³/mol. The molecule has 4 rings (SSSR count). The molecule has 1 aromatic carbocycles. The van der Waals surface area contributed by atoms with E-state index in [1.54, 1.807) is 4.68 Å². The second kappa shape index (κ2) is 6.49. The molecule has 3 heterocycles. The quantitative estimate of drug-likeness (QED) is 0.756. The first-order valence-corrected chi connectivity index (χ1v) is 8.27. The van der Waals surface area contributed by atoms with Gasteiger partial charge in [0.15, 0.2) is 5.82 Å². The standard InChI is InChI=1S/C16H13ClF2N6O/c17-15-12(23-10-2-4-14-20-8-22-24(14)7-10)6-21-25(16(15)26)13-3-1-9(18)5-11(13)19/h1,3,5-6,8,10,23H,2,4,7H2. The zero-order valence-electron chi connectivity index (χ0n) is 13.4. The van der Waals surface area contributed by atoms with Gasteiger partial charge in [-0.15, -0.1) is 0 Å². The number of fused-ring (bicyclic) bond motifs is 1. The highest BCUT2D eigenvalue weighted by atomic mass is 35.5. The number of anilines is 1. The Morgan fingerprint density at radius 3 is 2.92 bits per heavy atom. The average Bonchev–Trinajstić information content (AvgIpc) is 3.08. The van der Waals surface area contributed by atoms with Crippen molar-refractivity contribution in [3.05, 3.63) is 63.6 Å². The maximum Gasteiger partial charge on any atom is 0.292 e. The van der Waals surface area contributed by atoms with Gasteiger partial charge in [-0.3, -0.25) is 4.79 Å². The second-order valence-corrected chi connectivity index (χ2v) is 6.30. The maximum absolute atomic E-state index is 13.9. The van der Waals surface area contributed by atoms with E-state index in [4.69, 9.17) is 11.6 Å². The Morgan fingerprint density at radius 1 is 1.27 bits per heavy atom. The molecule has 10 heteroatoms. The lowest BCUT2D eigenvalue weighted by Crippen LogP contribution is -2.33. The van der Waals surface area contributed by atoms with E-state index in [9.17, 15) is 13.6 Å². The van der Waals surface area contributed by atoms with Crippen LogP contribution in [0.4, 0.5) is 14.5 Å². The summed E-state index contributed by atoms with van der Waals surface area (Å²) in [4.78, 5) is 16.6. The lowest BCUT2D eigenvalue weighted by molar-refractivity contribution is 0.441. The third-order valence-corrected chi connectivity index (χ3v) is 4.59. The number of hydrogen-bond acceptors (Lipinski definition) is 5. The summed E-state index contributed by atoms with van der Waals surface area (Å²) in [7, 11) is 0. The van der Waals surface area contributed by atoms with E-state index < -0.39 is 17.2 Å². The second-order valence-electron chi connectivity index (χ2n) is 5.92. The number of benzene rings is 1. The van der Waals surface area contributed by atoms with Crippen LogP contribution in [0.1, 0.15) is 12.2 Å². The average molecular weight is 379 g/mol. The molecule has 0 bridgehead atoms. The van der Waals surface area contributed by atoms with Crippen molar-refractivity contribution in [3.8, 4) is 5.69 Å². The van der Waals surface area contributed by atoms with E-state index in [1.165, 1.54) is 12.5 Å². The molecule has 134 valence electrons. The molecule has 0 saturated carbocycles. The van der Waals surface area contributed by atoms with Gasteiger partial charge in [-0.2, -0.15) is 14.9 Å². The van der Waals surface area contributed by atoms with Gasteiger partial charge in [0, 0.05) is 18.5 Å². The van der Waals surface area contributed by atoms with Crippen LogP contribution in [-0.4, -0.2) is 30.6 Å². The first-order valence-electron chi connectivity index (χ1n) is 7.89. The zero-order chi connectivity index (χ0) is 18.3. The van der Waals surface area contributed by atoms with Crippen molar-refractivity contribution >= 4 is 17.3 Å². The third kappa shape index (κ3) is 2.94. The summed E-state index contributed by atoms with van der Waals surface area (Å²) >= 11 is 6.16. The highest BCUT2D eigenvalue weighted by molar-refractivity contribution is 6.32. The molecule has 1 atom stereocenters. The largest absolute Gasteiger partial charge is 0.378 e. The van der Waals surface area contributed by atoms with Crippen molar-refractivity contribution in [2.24, 2.45) is 0 Å². The number of nitrogens with one attached hydrogen (secondary N) is 1. The van der Waals surface area contributed by atoms with Gasteiger partial charge in [-0.25, -0.2) is 18.4 Å². The molecular formula is C16H13ClF2N6O. The summed E-state index contributed by atoms with van der Waals surface area (Å²) in [5, 5.41) is 11.2. The molecular weight excluding hydrogens is 366 g/mol. The van der Waals surface area contributed by atoms with E-state index in [0.717, 1.165) is 35.5 Å². The SMILES string of the molecule is O=c1c(Cl)c(NC2CCc3ncnn3C2)cnn1-c1ccc(F)cc1F.